The summed E-state index contributed by atoms with van der Waals surface area (Å²) in [6, 6.07) is 8.41. The average molecular weight is 174 g/mol. The normalized spacial score (nSPS) is 26.5. The summed E-state index contributed by atoms with van der Waals surface area (Å²) in [5.41, 5.74) is 10.7. The summed E-state index contributed by atoms with van der Waals surface area (Å²) in [5.74, 6) is 0.413. The predicted molar refractivity (Wildman–Crippen MR) is 54.4 cm³/mol. The summed E-state index contributed by atoms with van der Waals surface area (Å²) in [5, 5.41) is 0. The molecule has 1 heteroatoms. The average Bonchev–Trinajstić information content (AvgIpc) is 2.47. The second kappa shape index (κ2) is 2.85. The van der Waals surface area contributed by atoms with Crippen molar-refractivity contribution in [2.75, 3.05) is 0 Å². The molecule has 1 aliphatic carbocycles. The Morgan fingerprint density at radius 3 is 2.69 bits per heavy atom. The van der Waals surface area contributed by atoms with Gasteiger partial charge in [-0.15, -0.1) is 0 Å². The van der Waals surface area contributed by atoms with Crippen LogP contribution < -0.4 is 5.73 Å². The molecule has 13 heavy (non-hydrogen) atoms. The molecule has 0 amide bonds. The van der Waals surface area contributed by atoms with Gasteiger partial charge in [0, 0.05) is 0 Å². The molecule has 1 unspecified atom stereocenters. The van der Waals surface area contributed by atoms with Crippen molar-refractivity contribution in [1.82, 2.24) is 5.73 Å². The fourth-order valence-electron chi connectivity index (χ4n) is 2.24. The first-order valence-electron chi connectivity index (χ1n) is 4.98. The monoisotopic (exact) mass is 174 g/mol. The molecular weight excluding hydrogens is 158 g/mol. The molecule has 0 aliphatic heterocycles. The smallest absolute Gasteiger partial charge is 0.0600 e. The van der Waals surface area contributed by atoms with Crippen LogP contribution in [-0.4, -0.2) is 0 Å². The van der Waals surface area contributed by atoms with Crippen molar-refractivity contribution < 1.29 is 0 Å². The van der Waals surface area contributed by atoms with Gasteiger partial charge in [-0.3, -0.25) is 0 Å². The molecule has 2 rings (SSSR count). The molecule has 0 bridgehead atoms. The molecule has 0 fully saturated rings. The fourth-order valence-corrected chi connectivity index (χ4v) is 2.24. The molecule has 1 radical (unpaired) electrons. The van der Waals surface area contributed by atoms with Crippen molar-refractivity contribution in [2.45, 2.75) is 32.2 Å². The molecule has 0 aromatic heterocycles. The summed E-state index contributed by atoms with van der Waals surface area (Å²) >= 11 is 0. The van der Waals surface area contributed by atoms with Gasteiger partial charge in [-0.25, -0.2) is 5.73 Å². The number of benzene rings is 1. The molecule has 1 aromatic rings. The first-order valence-corrected chi connectivity index (χ1v) is 4.98. The van der Waals surface area contributed by atoms with Gasteiger partial charge < -0.3 is 0 Å². The minimum absolute atomic E-state index is 0.323. The maximum atomic E-state index is 8.42. The highest BCUT2D eigenvalue weighted by Gasteiger charge is 2.37. The van der Waals surface area contributed by atoms with E-state index in [9.17, 15) is 0 Å². The highest BCUT2D eigenvalue weighted by atomic mass is 14.8. The Hall–Kier alpha value is -0.820. The fraction of sp³-hybridized carbons (Fsp3) is 0.500. The molecule has 0 heterocycles. The number of aryl methyl sites for hydroxylation is 1. The van der Waals surface area contributed by atoms with E-state index in [0.29, 0.717) is 5.92 Å². The van der Waals surface area contributed by atoms with E-state index in [1.807, 2.05) is 0 Å². The van der Waals surface area contributed by atoms with Crippen molar-refractivity contribution in [3.8, 4) is 0 Å². The van der Waals surface area contributed by atoms with Gasteiger partial charge in [-0.2, -0.15) is 0 Å². The van der Waals surface area contributed by atoms with Crippen LogP contribution in [0.2, 0.25) is 0 Å². The first-order chi connectivity index (χ1) is 6.14. The summed E-state index contributed by atoms with van der Waals surface area (Å²) in [7, 11) is 0. The van der Waals surface area contributed by atoms with Gasteiger partial charge in [0.15, 0.2) is 0 Å². The van der Waals surface area contributed by atoms with Crippen molar-refractivity contribution in [3.63, 3.8) is 0 Å². The summed E-state index contributed by atoms with van der Waals surface area (Å²) < 4.78 is 0. The van der Waals surface area contributed by atoms with Gasteiger partial charge in [-0.05, 0) is 29.9 Å². The van der Waals surface area contributed by atoms with Gasteiger partial charge in [0.2, 0.25) is 0 Å². The third-order valence-corrected chi connectivity index (χ3v) is 3.27. The number of fused-ring (bicyclic) bond motifs is 1. The summed E-state index contributed by atoms with van der Waals surface area (Å²) in [6.45, 7) is 4.30. The minimum atomic E-state index is -0.323. The predicted octanol–water partition coefficient (Wildman–Crippen LogP) is 2.77. The van der Waals surface area contributed by atoms with Gasteiger partial charge in [0.25, 0.3) is 0 Å². The van der Waals surface area contributed by atoms with Crippen molar-refractivity contribution >= 4 is 0 Å². The third kappa shape index (κ3) is 1.19. The zero-order chi connectivity index (χ0) is 9.47. The SMILES string of the molecule is CC(C)C1([NH])CCc2ccccc21. The van der Waals surface area contributed by atoms with Gasteiger partial charge >= 0.3 is 0 Å². The van der Waals surface area contributed by atoms with Crippen LogP contribution >= 0.6 is 0 Å². The first kappa shape index (κ1) is 8.76. The Bertz CT molecular complexity index is 317. The van der Waals surface area contributed by atoms with E-state index in [-0.39, 0.29) is 5.54 Å². The minimum Gasteiger partial charge on any atom is -0.246 e. The van der Waals surface area contributed by atoms with Gasteiger partial charge in [-0.1, -0.05) is 38.1 Å². The highest BCUT2D eigenvalue weighted by molar-refractivity contribution is 5.38. The lowest BCUT2D eigenvalue weighted by atomic mass is 9.82. The number of rotatable bonds is 1. The Morgan fingerprint density at radius 2 is 2.00 bits per heavy atom. The lowest BCUT2D eigenvalue weighted by Crippen LogP contribution is -2.30. The topological polar surface area (TPSA) is 23.8 Å². The standard InChI is InChI=1S/C12H16N/c1-9(2)12(13)8-7-10-5-3-4-6-11(10)12/h3-6,9,13H,7-8H2,1-2H3. The van der Waals surface area contributed by atoms with E-state index < -0.39 is 0 Å². The lowest BCUT2D eigenvalue weighted by Gasteiger charge is -2.28. The number of hydrogen-bond acceptors (Lipinski definition) is 0. The molecule has 0 saturated carbocycles. The highest BCUT2D eigenvalue weighted by Crippen LogP contribution is 2.40. The Balaban J connectivity index is 2.49. The molecule has 1 N–H and O–H groups in total. The molecule has 0 spiro atoms. The molecule has 1 nitrogen and oxygen atoms in total. The molecule has 69 valence electrons. The van der Waals surface area contributed by atoms with Gasteiger partial charge in [0.05, 0.1) is 5.54 Å². The van der Waals surface area contributed by atoms with Crippen LogP contribution in [0.1, 0.15) is 31.4 Å². The third-order valence-electron chi connectivity index (χ3n) is 3.27. The van der Waals surface area contributed by atoms with Crippen LogP contribution in [0.4, 0.5) is 0 Å². The van der Waals surface area contributed by atoms with E-state index in [1.165, 1.54) is 11.1 Å². The van der Waals surface area contributed by atoms with Gasteiger partial charge in [0.1, 0.15) is 0 Å². The van der Waals surface area contributed by atoms with Crippen LogP contribution in [0.3, 0.4) is 0 Å². The second-order valence-corrected chi connectivity index (χ2v) is 4.28. The van der Waals surface area contributed by atoms with Crippen LogP contribution in [0.5, 0.6) is 0 Å². The van der Waals surface area contributed by atoms with Crippen LogP contribution in [0.25, 0.3) is 0 Å². The summed E-state index contributed by atoms with van der Waals surface area (Å²) in [4.78, 5) is 0. The van der Waals surface area contributed by atoms with E-state index in [0.717, 1.165) is 12.8 Å². The van der Waals surface area contributed by atoms with Crippen molar-refractivity contribution in [1.29, 1.82) is 0 Å². The van der Waals surface area contributed by atoms with E-state index >= 15 is 0 Å². The van der Waals surface area contributed by atoms with Crippen molar-refractivity contribution in [2.24, 2.45) is 5.92 Å². The molecular formula is C12H16N. The zero-order valence-corrected chi connectivity index (χ0v) is 8.30. The number of hydrogen-bond donors (Lipinski definition) is 0. The van der Waals surface area contributed by atoms with E-state index in [2.05, 4.69) is 38.1 Å². The van der Waals surface area contributed by atoms with Crippen LogP contribution in [-0.2, 0) is 12.0 Å². The van der Waals surface area contributed by atoms with E-state index in [1.54, 1.807) is 0 Å². The largest absolute Gasteiger partial charge is 0.246 e. The van der Waals surface area contributed by atoms with Crippen LogP contribution in [0, 0.1) is 5.92 Å². The Labute approximate surface area is 80.0 Å². The quantitative estimate of drug-likeness (QED) is 0.625. The van der Waals surface area contributed by atoms with Crippen molar-refractivity contribution in [3.05, 3.63) is 35.4 Å². The van der Waals surface area contributed by atoms with Crippen LogP contribution in [0.15, 0.2) is 24.3 Å². The molecule has 1 aromatic carbocycles. The Morgan fingerprint density at radius 1 is 1.31 bits per heavy atom. The lowest BCUT2D eigenvalue weighted by molar-refractivity contribution is 0.303. The molecule has 1 atom stereocenters. The maximum absolute atomic E-state index is 8.42. The maximum Gasteiger partial charge on any atom is 0.0600 e. The number of nitrogens with one attached hydrogen (secondary N) is 1. The second-order valence-electron chi connectivity index (χ2n) is 4.28. The molecule has 0 saturated heterocycles. The summed E-state index contributed by atoms with van der Waals surface area (Å²) in [6.07, 6.45) is 2.07. The van der Waals surface area contributed by atoms with E-state index in [4.69, 9.17) is 5.73 Å². The zero-order valence-electron chi connectivity index (χ0n) is 8.30. The Kier molecular flexibility index (Phi) is 1.92. The molecule has 1 aliphatic rings.